The van der Waals surface area contributed by atoms with Crippen molar-refractivity contribution < 1.29 is 4.79 Å². The first kappa shape index (κ1) is 9.26. The molecule has 2 amide bonds. The molecular formula is C2H6N4O. The van der Waals surface area contributed by atoms with Crippen molar-refractivity contribution in [1.82, 2.24) is 6.15 Å². The van der Waals surface area contributed by atoms with Crippen LogP contribution in [0.3, 0.4) is 0 Å². The van der Waals surface area contributed by atoms with Gasteiger partial charge in [0.1, 0.15) is 0 Å². The van der Waals surface area contributed by atoms with E-state index in [1.54, 1.807) is 0 Å². The molecule has 0 radical (unpaired) electrons. The molecule has 40 valence electrons. The highest BCUT2D eigenvalue weighted by Gasteiger charge is 1.74. The Hall–Kier alpha value is -1.19. The van der Waals surface area contributed by atoms with Gasteiger partial charge in [0.25, 0.3) is 0 Å². The first-order chi connectivity index (χ1) is 2.77. The molecule has 5 heteroatoms. The van der Waals surface area contributed by atoms with Crippen molar-refractivity contribution in [2.24, 2.45) is 10.7 Å². The summed E-state index contributed by atoms with van der Waals surface area (Å²) in [6, 6.07) is 0.583. The lowest BCUT2D eigenvalue weighted by atomic mass is 11.1. The maximum Gasteiger partial charge on any atom is 0.347 e. The second kappa shape index (κ2) is 4.81. The zero-order valence-corrected chi connectivity index (χ0v) is 3.64. The van der Waals surface area contributed by atoms with Gasteiger partial charge in [-0.1, -0.05) is 0 Å². The zero-order chi connectivity index (χ0) is 4.99. The van der Waals surface area contributed by atoms with Crippen LogP contribution in [0, 0.1) is 5.41 Å². The second-order valence-electron chi connectivity index (χ2n) is 0.562. The molecule has 0 bridgehead atoms. The molecule has 0 aromatic heterocycles. The molecule has 0 rings (SSSR count). The molecule has 7 heavy (non-hydrogen) atoms. The van der Waals surface area contributed by atoms with Crippen LogP contribution >= 0.6 is 0 Å². The minimum absolute atomic E-state index is 0. The third-order valence-electron chi connectivity index (χ3n) is 0.166. The van der Waals surface area contributed by atoms with Gasteiger partial charge in [0.15, 0.2) is 0 Å². The summed E-state index contributed by atoms with van der Waals surface area (Å²) in [6.45, 7) is 0. The molecule has 0 atom stereocenters. The predicted octanol–water partition coefficient (Wildman–Crippen LogP) is -0.0202. The molecule has 0 aliphatic heterocycles. The number of aliphatic imine (C=N–C) groups is 1. The SMILES string of the molecule is N.N=C=NC(N)=O. The summed E-state index contributed by atoms with van der Waals surface area (Å²) in [5.41, 5.74) is 4.41. The van der Waals surface area contributed by atoms with Gasteiger partial charge in [-0.15, -0.1) is 4.99 Å². The Morgan fingerprint density at radius 3 is 2.29 bits per heavy atom. The molecule has 0 aromatic carbocycles. The third-order valence-corrected chi connectivity index (χ3v) is 0.166. The van der Waals surface area contributed by atoms with E-state index < -0.39 is 6.03 Å². The molecular weight excluding hydrogens is 96.0 g/mol. The Morgan fingerprint density at radius 2 is 2.29 bits per heavy atom. The molecule has 0 saturated carbocycles. The number of hydrogen-bond acceptors (Lipinski definition) is 3. The van der Waals surface area contributed by atoms with E-state index in [1.807, 2.05) is 0 Å². The summed E-state index contributed by atoms with van der Waals surface area (Å²) in [7, 11) is 0. The fraction of sp³-hybridized carbons (Fsp3) is 0. The van der Waals surface area contributed by atoms with E-state index in [2.05, 4.69) is 10.7 Å². The lowest BCUT2D eigenvalue weighted by molar-refractivity contribution is 0.257. The number of carbonyl (C=O) groups is 1. The molecule has 0 saturated heterocycles. The van der Waals surface area contributed by atoms with Gasteiger partial charge in [-0.3, -0.25) is 0 Å². The highest BCUT2D eigenvalue weighted by atomic mass is 16.2. The third kappa shape index (κ3) is 11.6. The average molecular weight is 102 g/mol. The monoisotopic (exact) mass is 102 g/mol. The van der Waals surface area contributed by atoms with Gasteiger partial charge < -0.3 is 11.9 Å². The van der Waals surface area contributed by atoms with E-state index in [1.165, 1.54) is 6.01 Å². The van der Waals surface area contributed by atoms with E-state index >= 15 is 0 Å². The van der Waals surface area contributed by atoms with Gasteiger partial charge in [-0.05, 0) is 0 Å². The molecule has 0 fully saturated rings. The first-order valence-corrected chi connectivity index (χ1v) is 1.19. The number of urea groups is 1. The van der Waals surface area contributed by atoms with Crippen molar-refractivity contribution >= 4 is 12.0 Å². The number of carbonyl (C=O) groups excluding carboxylic acids is 1. The fourth-order valence-electron chi connectivity index (χ4n) is 0.0551. The number of rotatable bonds is 0. The summed E-state index contributed by atoms with van der Waals surface area (Å²) in [5.74, 6) is 0. The van der Waals surface area contributed by atoms with Crippen LogP contribution in [0.5, 0.6) is 0 Å². The molecule has 0 heterocycles. The van der Waals surface area contributed by atoms with E-state index in [4.69, 9.17) is 5.41 Å². The van der Waals surface area contributed by atoms with Gasteiger partial charge in [0.05, 0.1) is 6.01 Å². The highest BCUT2D eigenvalue weighted by molar-refractivity contribution is 5.78. The summed E-state index contributed by atoms with van der Waals surface area (Å²) in [4.78, 5) is 12.2. The molecule has 0 aromatic rings. The van der Waals surface area contributed by atoms with Crippen molar-refractivity contribution in [2.45, 2.75) is 0 Å². The highest BCUT2D eigenvalue weighted by Crippen LogP contribution is 1.55. The number of nitrogens with zero attached hydrogens (tertiary/aromatic N) is 1. The Bertz CT molecular complexity index is 102. The summed E-state index contributed by atoms with van der Waals surface area (Å²) < 4.78 is 0. The van der Waals surface area contributed by atoms with Gasteiger partial charge in [-0.25, -0.2) is 10.2 Å². The molecule has 0 spiro atoms. The zero-order valence-electron chi connectivity index (χ0n) is 3.64. The lowest BCUT2D eigenvalue weighted by Gasteiger charge is -1.65. The van der Waals surface area contributed by atoms with Crippen LogP contribution < -0.4 is 11.9 Å². The number of amides is 2. The molecule has 6 N–H and O–H groups in total. The topological polar surface area (TPSA) is 114 Å². The van der Waals surface area contributed by atoms with Crippen LogP contribution in [0.2, 0.25) is 0 Å². The largest absolute Gasteiger partial charge is 0.349 e. The molecule has 0 aliphatic rings. The van der Waals surface area contributed by atoms with Crippen molar-refractivity contribution in [3.63, 3.8) is 0 Å². The second-order valence-corrected chi connectivity index (χ2v) is 0.562. The molecule has 0 aliphatic carbocycles. The Balaban J connectivity index is 0. The summed E-state index contributed by atoms with van der Waals surface area (Å²) in [5, 5.41) is 6.02. The minimum atomic E-state index is -0.884. The van der Waals surface area contributed by atoms with Gasteiger partial charge in [0, 0.05) is 0 Å². The lowest BCUT2D eigenvalue weighted by Crippen LogP contribution is -2.02. The smallest absolute Gasteiger partial charge is 0.347 e. The van der Waals surface area contributed by atoms with Crippen molar-refractivity contribution in [1.29, 1.82) is 5.41 Å². The van der Waals surface area contributed by atoms with Gasteiger partial charge in [-0.2, -0.15) is 0 Å². The maximum absolute atomic E-state index is 9.47. The number of nitrogens with two attached hydrogens (primary N) is 1. The average Bonchev–Trinajstić information content (AvgIpc) is 1.35. The number of nitrogens with one attached hydrogen (secondary N) is 1. The Kier molecular flexibility index (Phi) is 6.36. The summed E-state index contributed by atoms with van der Waals surface area (Å²) in [6.07, 6.45) is 0. The van der Waals surface area contributed by atoms with Crippen molar-refractivity contribution in [3.8, 4) is 0 Å². The first-order valence-electron chi connectivity index (χ1n) is 1.19. The van der Waals surface area contributed by atoms with Gasteiger partial charge >= 0.3 is 6.03 Å². The van der Waals surface area contributed by atoms with Crippen LogP contribution in [-0.4, -0.2) is 12.0 Å². The predicted molar refractivity (Wildman–Crippen MR) is 24.8 cm³/mol. The van der Waals surface area contributed by atoms with Crippen LogP contribution in [0.25, 0.3) is 0 Å². The van der Waals surface area contributed by atoms with E-state index in [0.29, 0.717) is 0 Å². The van der Waals surface area contributed by atoms with Crippen LogP contribution in [-0.2, 0) is 0 Å². The molecule has 5 nitrogen and oxygen atoms in total. The van der Waals surface area contributed by atoms with Crippen LogP contribution in [0.15, 0.2) is 4.99 Å². The maximum atomic E-state index is 9.47. The van der Waals surface area contributed by atoms with E-state index in [9.17, 15) is 4.79 Å². The number of hydrogen-bond donors (Lipinski definition) is 3. The quantitative estimate of drug-likeness (QED) is 0.373. The van der Waals surface area contributed by atoms with Crippen molar-refractivity contribution in [3.05, 3.63) is 0 Å². The number of primary amides is 1. The normalized spacial score (nSPS) is 5.14. The Labute approximate surface area is 40.3 Å². The van der Waals surface area contributed by atoms with Crippen molar-refractivity contribution in [2.75, 3.05) is 0 Å². The van der Waals surface area contributed by atoms with Crippen LogP contribution in [0.1, 0.15) is 0 Å². The van der Waals surface area contributed by atoms with Crippen LogP contribution in [0.4, 0.5) is 4.79 Å². The van der Waals surface area contributed by atoms with Gasteiger partial charge in [0.2, 0.25) is 0 Å². The fourth-order valence-corrected chi connectivity index (χ4v) is 0.0551. The Morgan fingerprint density at radius 1 is 1.86 bits per heavy atom. The molecule has 0 unspecified atom stereocenters. The van der Waals surface area contributed by atoms with E-state index in [-0.39, 0.29) is 6.15 Å². The minimum Gasteiger partial charge on any atom is -0.349 e. The summed E-state index contributed by atoms with van der Waals surface area (Å²) >= 11 is 0. The standard InChI is InChI=1S/C2H3N3O.H3N/c3-1-5-2(4)6;/h3H,(H2,4,6);1H3. The van der Waals surface area contributed by atoms with E-state index in [0.717, 1.165) is 0 Å².